The van der Waals surface area contributed by atoms with Gasteiger partial charge in [-0.1, -0.05) is 24.3 Å². The van der Waals surface area contributed by atoms with E-state index in [2.05, 4.69) is 0 Å². The molecular weight excluding hydrogens is 136 g/mol. The molecule has 2 nitrogen and oxygen atoms in total. The molecule has 0 atom stereocenters. The molecule has 0 radical (unpaired) electrons. The van der Waals surface area contributed by atoms with E-state index >= 15 is 0 Å². The molecule has 0 aliphatic heterocycles. The first-order valence-corrected chi connectivity index (χ1v) is 3.40. The molecule has 1 rings (SSSR count). The largest absolute Gasteiger partial charge is 0.308 e. The van der Waals surface area contributed by atoms with E-state index in [1.165, 1.54) is 6.21 Å². The molecule has 0 aliphatic carbocycles. The highest BCUT2D eigenvalue weighted by Gasteiger charge is 1.98. The highest BCUT2D eigenvalue weighted by molar-refractivity contribution is 6.03. The van der Waals surface area contributed by atoms with Crippen LogP contribution in [0.5, 0.6) is 0 Å². The van der Waals surface area contributed by atoms with Crippen molar-refractivity contribution >= 4 is 11.9 Å². The minimum atomic E-state index is 0.504. The summed E-state index contributed by atoms with van der Waals surface area (Å²) >= 11 is 0. The third-order valence-corrected chi connectivity index (χ3v) is 1.52. The Morgan fingerprint density at radius 1 is 1.36 bits per heavy atom. The van der Waals surface area contributed by atoms with Crippen LogP contribution in [-0.4, -0.2) is 11.9 Å². The van der Waals surface area contributed by atoms with Gasteiger partial charge in [0.05, 0.1) is 0 Å². The minimum absolute atomic E-state index is 0.504. The van der Waals surface area contributed by atoms with Crippen molar-refractivity contribution in [2.75, 3.05) is 0 Å². The van der Waals surface area contributed by atoms with Crippen molar-refractivity contribution in [3.8, 4) is 0 Å². The Kier molecular flexibility index (Phi) is 2.16. The molecule has 0 spiro atoms. The summed E-state index contributed by atoms with van der Waals surface area (Å²) in [4.78, 5) is 0. The van der Waals surface area contributed by atoms with Crippen LogP contribution in [0.1, 0.15) is 18.1 Å². The Balaban J connectivity index is 3.22. The third-order valence-electron chi connectivity index (χ3n) is 1.52. The Labute approximate surface area is 65.9 Å². The molecular formula is C9H10N2. The maximum absolute atomic E-state index is 7.38. The lowest BCUT2D eigenvalue weighted by molar-refractivity contribution is 1.44. The van der Waals surface area contributed by atoms with Crippen LogP contribution in [0, 0.1) is 10.8 Å². The summed E-state index contributed by atoms with van der Waals surface area (Å²) < 4.78 is 0. The summed E-state index contributed by atoms with van der Waals surface area (Å²) in [7, 11) is 0. The molecule has 0 unspecified atom stereocenters. The summed E-state index contributed by atoms with van der Waals surface area (Å²) in [6.45, 7) is 1.72. The second kappa shape index (κ2) is 3.10. The van der Waals surface area contributed by atoms with Gasteiger partial charge in [0.15, 0.2) is 0 Å². The topological polar surface area (TPSA) is 47.7 Å². The Bertz CT molecular complexity index is 289. The van der Waals surface area contributed by atoms with Crippen LogP contribution in [0.4, 0.5) is 0 Å². The Morgan fingerprint density at radius 2 is 2.00 bits per heavy atom. The molecule has 0 amide bonds. The molecule has 0 fully saturated rings. The van der Waals surface area contributed by atoms with E-state index in [0.29, 0.717) is 5.71 Å². The van der Waals surface area contributed by atoms with Crippen LogP contribution in [-0.2, 0) is 0 Å². The normalized spacial score (nSPS) is 9.18. The molecule has 0 saturated heterocycles. The average molecular weight is 146 g/mol. The van der Waals surface area contributed by atoms with Crippen molar-refractivity contribution in [1.82, 2.24) is 0 Å². The van der Waals surface area contributed by atoms with Crippen molar-refractivity contribution in [1.29, 1.82) is 10.8 Å². The fraction of sp³-hybridized carbons (Fsp3) is 0.111. The molecule has 2 N–H and O–H groups in total. The molecule has 0 aliphatic rings. The first kappa shape index (κ1) is 7.66. The molecule has 0 saturated carbocycles. The van der Waals surface area contributed by atoms with Gasteiger partial charge >= 0.3 is 0 Å². The van der Waals surface area contributed by atoms with Crippen molar-refractivity contribution in [3.63, 3.8) is 0 Å². The summed E-state index contributed by atoms with van der Waals surface area (Å²) in [5.74, 6) is 0. The molecule has 1 aromatic rings. The molecule has 2 heteroatoms. The van der Waals surface area contributed by atoms with Crippen molar-refractivity contribution < 1.29 is 0 Å². The van der Waals surface area contributed by atoms with Gasteiger partial charge in [-0.2, -0.15) is 0 Å². The zero-order valence-corrected chi connectivity index (χ0v) is 6.39. The van der Waals surface area contributed by atoms with Crippen LogP contribution < -0.4 is 0 Å². The van der Waals surface area contributed by atoms with Gasteiger partial charge in [-0.3, -0.25) is 0 Å². The number of benzene rings is 1. The second-order valence-corrected chi connectivity index (χ2v) is 2.36. The van der Waals surface area contributed by atoms with E-state index in [9.17, 15) is 0 Å². The van der Waals surface area contributed by atoms with Crippen LogP contribution in [0.2, 0.25) is 0 Å². The maximum atomic E-state index is 7.38. The van der Waals surface area contributed by atoms with Gasteiger partial charge in [0.2, 0.25) is 0 Å². The second-order valence-electron chi connectivity index (χ2n) is 2.36. The first-order chi connectivity index (χ1) is 5.25. The predicted octanol–water partition coefficient (Wildman–Crippen LogP) is 2.07. The van der Waals surface area contributed by atoms with E-state index in [-0.39, 0.29) is 0 Å². The van der Waals surface area contributed by atoms with Gasteiger partial charge in [-0.15, -0.1) is 0 Å². The molecule has 0 bridgehead atoms. The van der Waals surface area contributed by atoms with Crippen LogP contribution in [0.3, 0.4) is 0 Å². The maximum Gasteiger partial charge on any atom is 0.0361 e. The number of nitrogens with one attached hydrogen (secondary N) is 2. The molecule has 0 aromatic heterocycles. The number of hydrogen-bond donors (Lipinski definition) is 2. The summed E-state index contributed by atoms with van der Waals surface area (Å²) in [6.07, 6.45) is 1.27. The van der Waals surface area contributed by atoms with Crippen LogP contribution >= 0.6 is 0 Å². The smallest absolute Gasteiger partial charge is 0.0361 e. The van der Waals surface area contributed by atoms with E-state index in [0.717, 1.165) is 11.1 Å². The van der Waals surface area contributed by atoms with E-state index in [1.54, 1.807) is 6.92 Å². The van der Waals surface area contributed by atoms with Crippen molar-refractivity contribution in [3.05, 3.63) is 35.4 Å². The molecule has 11 heavy (non-hydrogen) atoms. The van der Waals surface area contributed by atoms with E-state index < -0.39 is 0 Å². The van der Waals surface area contributed by atoms with Gasteiger partial charge in [0, 0.05) is 23.1 Å². The van der Waals surface area contributed by atoms with E-state index in [4.69, 9.17) is 10.8 Å². The van der Waals surface area contributed by atoms with Gasteiger partial charge in [-0.05, 0) is 6.92 Å². The number of hydrogen-bond acceptors (Lipinski definition) is 2. The van der Waals surface area contributed by atoms with Crippen LogP contribution in [0.25, 0.3) is 0 Å². The summed E-state index contributed by atoms with van der Waals surface area (Å²) in [5.41, 5.74) is 2.15. The highest BCUT2D eigenvalue weighted by Crippen LogP contribution is 2.05. The quantitative estimate of drug-likeness (QED) is 0.600. The fourth-order valence-electron chi connectivity index (χ4n) is 0.964. The Morgan fingerprint density at radius 3 is 2.45 bits per heavy atom. The summed E-state index contributed by atoms with van der Waals surface area (Å²) in [6, 6.07) is 7.43. The first-order valence-electron chi connectivity index (χ1n) is 3.40. The van der Waals surface area contributed by atoms with Gasteiger partial charge in [-0.25, -0.2) is 0 Å². The lowest BCUT2D eigenvalue weighted by atomic mass is 10.1. The third kappa shape index (κ3) is 1.52. The van der Waals surface area contributed by atoms with Crippen LogP contribution in [0.15, 0.2) is 24.3 Å². The molecule has 1 aromatic carbocycles. The lowest BCUT2D eigenvalue weighted by Gasteiger charge is -2.00. The lowest BCUT2D eigenvalue weighted by Crippen LogP contribution is -1.97. The minimum Gasteiger partial charge on any atom is -0.308 e. The zero-order chi connectivity index (χ0) is 8.27. The highest BCUT2D eigenvalue weighted by atomic mass is 14.4. The SMILES string of the molecule is CC(=N)c1ccccc1C=N. The average Bonchev–Trinajstić information content (AvgIpc) is 2.04. The van der Waals surface area contributed by atoms with Gasteiger partial charge in [0.1, 0.15) is 0 Å². The predicted molar refractivity (Wildman–Crippen MR) is 46.8 cm³/mol. The molecule has 0 heterocycles. The van der Waals surface area contributed by atoms with E-state index in [1.807, 2.05) is 24.3 Å². The van der Waals surface area contributed by atoms with Gasteiger partial charge in [0.25, 0.3) is 0 Å². The van der Waals surface area contributed by atoms with Crippen molar-refractivity contribution in [2.24, 2.45) is 0 Å². The zero-order valence-electron chi connectivity index (χ0n) is 6.39. The summed E-state index contributed by atoms with van der Waals surface area (Å²) in [5, 5.41) is 14.4. The standard InChI is InChI=1S/C9H10N2/c1-7(11)9-5-3-2-4-8(9)6-10/h2-6,10-11H,1H3. The monoisotopic (exact) mass is 146 g/mol. The Hall–Kier alpha value is -1.44. The van der Waals surface area contributed by atoms with Crippen molar-refractivity contribution in [2.45, 2.75) is 6.92 Å². The number of rotatable bonds is 2. The fourth-order valence-corrected chi connectivity index (χ4v) is 0.964. The van der Waals surface area contributed by atoms with Gasteiger partial charge < -0.3 is 10.8 Å². The molecule has 56 valence electrons.